The molecule has 1 aliphatic heterocycles. The highest BCUT2D eigenvalue weighted by atomic mass is 19.4. The fourth-order valence-corrected chi connectivity index (χ4v) is 2.84. The number of rotatable bonds is 5. The van der Waals surface area contributed by atoms with Gasteiger partial charge >= 0.3 is 12.1 Å². The van der Waals surface area contributed by atoms with Gasteiger partial charge in [-0.05, 0) is 31.5 Å². The van der Waals surface area contributed by atoms with E-state index in [9.17, 15) is 18.0 Å². The van der Waals surface area contributed by atoms with Crippen LogP contribution in [0.4, 0.5) is 13.2 Å². The molecular weight excluding hydrogens is 311 g/mol. The molecule has 1 aromatic rings. The molecule has 1 N–H and O–H groups in total. The molecule has 1 heterocycles. The Balaban J connectivity index is 2.08. The van der Waals surface area contributed by atoms with Crippen LogP contribution < -0.4 is 4.74 Å². The number of hydrogen-bond acceptors (Lipinski definition) is 3. The van der Waals surface area contributed by atoms with Crippen LogP contribution in [0.2, 0.25) is 0 Å². The summed E-state index contributed by atoms with van der Waals surface area (Å²) < 4.78 is 44.5. The van der Waals surface area contributed by atoms with E-state index in [0.29, 0.717) is 5.75 Å². The Labute approximate surface area is 132 Å². The molecule has 4 nitrogen and oxygen atoms in total. The van der Waals surface area contributed by atoms with Gasteiger partial charge in [-0.2, -0.15) is 13.2 Å². The summed E-state index contributed by atoms with van der Waals surface area (Å²) in [6.45, 7) is 3.65. The van der Waals surface area contributed by atoms with Crippen molar-refractivity contribution in [2.75, 3.05) is 13.1 Å². The number of benzene rings is 1. The largest absolute Gasteiger partial charge is 0.491 e. The maximum Gasteiger partial charge on any atom is 0.393 e. The number of alkyl halides is 3. The van der Waals surface area contributed by atoms with Crippen molar-refractivity contribution in [1.82, 2.24) is 4.90 Å². The quantitative estimate of drug-likeness (QED) is 0.900. The number of nitrogens with zero attached hydrogens (tertiary/aromatic N) is 1. The second-order valence-electron chi connectivity index (χ2n) is 6.10. The summed E-state index contributed by atoms with van der Waals surface area (Å²) in [5.74, 6) is -3.98. The standard InChI is InChI=1S/C16H20F3NO3/c1-10(2)23-12-5-3-4-11(6-12)7-20-8-13(15(21)22)14(9-20)16(17,18)19/h3-6,10,13-14H,7-9H2,1-2H3,(H,21,22)/t13-,14-/m1/s1. The lowest BCUT2D eigenvalue weighted by atomic mass is 9.96. The molecule has 0 unspecified atom stereocenters. The van der Waals surface area contributed by atoms with Gasteiger partial charge in [0.2, 0.25) is 0 Å². The van der Waals surface area contributed by atoms with Crippen molar-refractivity contribution in [3.8, 4) is 5.75 Å². The molecule has 0 saturated carbocycles. The van der Waals surface area contributed by atoms with Gasteiger partial charge in [-0.25, -0.2) is 0 Å². The van der Waals surface area contributed by atoms with E-state index in [1.54, 1.807) is 24.3 Å². The van der Waals surface area contributed by atoms with Gasteiger partial charge in [-0.3, -0.25) is 9.69 Å². The van der Waals surface area contributed by atoms with E-state index < -0.39 is 24.0 Å². The summed E-state index contributed by atoms with van der Waals surface area (Å²) in [4.78, 5) is 12.6. The molecule has 0 radical (unpaired) electrons. The van der Waals surface area contributed by atoms with E-state index in [2.05, 4.69) is 0 Å². The third-order valence-corrected chi connectivity index (χ3v) is 3.81. The predicted molar refractivity (Wildman–Crippen MR) is 78.2 cm³/mol. The summed E-state index contributed by atoms with van der Waals surface area (Å²) in [6.07, 6.45) is -4.50. The summed E-state index contributed by atoms with van der Waals surface area (Å²) in [5.41, 5.74) is 0.801. The fourth-order valence-electron chi connectivity index (χ4n) is 2.84. The zero-order valence-corrected chi connectivity index (χ0v) is 13.0. The van der Waals surface area contributed by atoms with Crippen molar-refractivity contribution in [3.05, 3.63) is 29.8 Å². The highest BCUT2D eigenvalue weighted by Crippen LogP contribution is 2.38. The van der Waals surface area contributed by atoms with Crippen LogP contribution in [0.5, 0.6) is 5.75 Å². The minimum Gasteiger partial charge on any atom is -0.491 e. The molecule has 2 rings (SSSR count). The second-order valence-corrected chi connectivity index (χ2v) is 6.10. The van der Waals surface area contributed by atoms with Crippen LogP contribution in [0.3, 0.4) is 0 Å². The van der Waals surface area contributed by atoms with Crippen molar-refractivity contribution >= 4 is 5.97 Å². The number of halogens is 3. The molecule has 1 aliphatic rings. The maximum atomic E-state index is 13.0. The van der Waals surface area contributed by atoms with Crippen LogP contribution in [0, 0.1) is 11.8 Å². The number of carbonyl (C=O) groups is 1. The molecule has 2 atom stereocenters. The van der Waals surface area contributed by atoms with E-state index >= 15 is 0 Å². The van der Waals surface area contributed by atoms with Crippen LogP contribution in [0.15, 0.2) is 24.3 Å². The maximum absolute atomic E-state index is 13.0. The molecule has 0 bridgehead atoms. The first kappa shape index (κ1) is 17.6. The van der Waals surface area contributed by atoms with Gasteiger partial charge in [-0.15, -0.1) is 0 Å². The van der Waals surface area contributed by atoms with Crippen molar-refractivity contribution in [3.63, 3.8) is 0 Å². The number of carboxylic acid groups (broad SMARTS) is 1. The molecule has 128 valence electrons. The van der Waals surface area contributed by atoms with E-state index in [1.165, 1.54) is 4.90 Å². The molecule has 23 heavy (non-hydrogen) atoms. The number of carboxylic acids is 1. The molecule has 7 heteroatoms. The van der Waals surface area contributed by atoms with Crippen LogP contribution in [-0.2, 0) is 11.3 Å². The first-order valence-electron chi connectivity index (χ1n) is 7.44. The molecule has 0 aliphatic carbocycles. The lowest BCUT2D eigenvalue weighted by Crippen LogP contribution is -2.33. The number of hydrogen-bond donors (Lipinski definition) is 1. The zero-order valence-electron chi connectivity index (χ0n) is 13.0. The van der Waals surface area contributed by atoms with E-state index in [4.69, 9.17) is 9.84 Å². The van der Waals surface area contributed by atoms with Crippen molar-refractivity contribution < 1.29 is 27.8 Å². The third kappa shape index (κ3) is 4.60. The van der Waals surface area contributed by atoms with Gasteiger partial charge in [-0.1, -0.05) is 12.1 Å². The molecule has 0 aromatic heterocycles. The van der Waals surface area contributed by atoms with Crippen LogP contribution in [-0.4, -0.2) is 41.3 Å². The molecule has 1 saturated heterocycles. The first-order chi connectivity index (χ1) is 10.7. The van der Waals surface area contributed by atoms with Crippen LogP contribution in [0.1, 0.15) is 19.4 Å². The lowest BCUT2D eigenvalue weighted by Gasteiger charge is -2.18. The monoisotopic (exact) mass is 331 g/mol. The summed E-state index contributed by atoms with van der Waals surface area (Å²) in [7, 11) is 0. The van der Waals surface area contributed by atoms with Crippen LogP contribution in [0.25, 0.3) is 0 Å². The minimum atomic E-state index is -4.50. The van der Waals surface area contributed by atoms with Gasteiger partial charge < -0.3 is 9.84 Å². The third-order valence-electron chi connectivity index (χ3n) is 3.81. The molecular formula is C16H20F3NO3. The summed E-state index contributed by atoms with van der Waals surface area (Å²) >= 11 is 0. The SMILES string of the molecule is CC(C)Oc1cccc(CN2C[C@@H](C(F)(F)F)[C@H](C(=O)O)C2)c1. The van der Waals surface area contributed by atoms with Crippen LogP contribution >= 0.6 is 0 Å². The Morgan fingerprint density at radius 1 is 1.39 bits per heavy atom. The van der Waals surface area contributed by atoms with Crippen molar-refractivity contribution in [2.45, 2.75) is 32.7 Å². The summed E-state index contributed by atoms with van der Waals surface area (Å²) in [6, 6.07) is 7.13. The van der Waals surface area contributed by atoms with Gasteiger partial charge in [0.25, 0.3) is 0 Å². The topological polar surface area (TPSA) is 49.8 Å². The molecule has 1 fully saturated rings. The van der Waals surface area contributed by atoms with Gasteiger partial charge in [0.1, 0.15) is 5.75 Å². The second kappa shape index (κ2) is 6.78. The average Bonchev–Trinajstić information content (AvgIpc) is 2.82. The molecule has 1 aromatic carbocycles. The normalized spacial score (nSPS) is 22.5. The van der Waals surface area contributed by atoms with E-state index in [-0.39, 0.29) is 25.7 Å². The smallest absolute Gasteiger partial charge is 0.393 e. The van der Waals surface area contributed by atoms with Gasteiger partial charge in [0, 0.05) is 19.6 Å². The Morgan fingerprint density at radius 3 is 2.61 bits per heavy atom. The minimum absolute atomic E-state index is 0.00281. The zero-order chi connectivity index (χ0) is 17.2. The Hall–Kier alpha value is -1.76. The number of aliphatic carboxylic acids is 1. The number of ether oxygens (including phenoxy) is 1. The lowest BCUT2D eigenvalue weighted by molar-refractivity contribution is -0.188. The number of likely N-dealkylation sites (tertiary alicyclic amines) is 1. The highest BCUT2D eigenvalue weighted by Gasteiger charge is 2.52. The van der Waals surface area contributed by atoms with Crippen molar-refractivity contribution in [1.29, 1.82) is 0 Å². The fraction of sp³-hybridized carbons (Fsp3) is 0.562. The average molecular weight is 331 g/mol. The Kier molecular flexibility index (Phi) is 5.19. The van der Waals surface area contributed by atoms with E-state index in [1.807, 2.05) is 13.8 Å². The highest BCUT2D eigenvalue weighted by molar-refractivity contribution is 5.71. The molecule has 0 spiro atoms. The first-order valence-corrected chi connectivity index (χ1v) is 7.44. The Morgan fingerprint density at radius 2 is 2.09 bits per heavy atom. The van der Waals surface area contributed by atoms with Crippen molar-refractivity contribution in [2.24, 2.45) is 11.8 Å². The van der Waals surface area contributed by atoms with E-state index in [0.717, 1.165) is 5.56 Å². The summed E-state index contributed by atoms with van der Waals surface area (Å²) in [5, 5.41) is 9.03. The molecule has 0 amide bonds. The predicted octanol–water partition coefficient (Wildman–Crippen LogP) is 3.17. The van der Waals surface area contributed by atoms with Gasteiger partial charge in [0.05, 0.1) is 17.9 Å². The Bertz CT molecular complexity index is 560. The van der Waals surface area contributed by atoms with Gasteiger partial charge in [0.15, 0.2) is 0 Å².